The Bertz CT molecular complexity index is 221. The normalized spacial score (nSPS) is 20.0. The van der Waals surface area contributed by atoms with E-state index in [-0.39, 0.29) is 13.6 Å². The molecule has 4 heteroatoms. The van der Waals surface area contributed by atoms with Gasteiger partial charge in [0.1, 0.15) is 5.60 Å². The highest BCUT2D eigenvalue weighted by Crippen LogP contribution is 2.11. The second-order valence-electron chi connectivity index (χ2n) is 5.22. The van der Waals surface area contributed by atoms with Crippen molar-refractivity contribution in [3.63, 3.8) is 0 Å². The maximum Gasteiger partial charge on any atom is 0.407 e. The Hall–Kier alpha value is -0.770. The molecule has 0 aromatic heterocycles. The smallest absolute Gasteiger partial charge is 0.407 e. The van der Waals surface area contributed by atoms with E-state index in [0.29, 0.717) is 0 Å². The van der Waals surface area contributed by atoms with Crippen LogP contribution in [0.5, 0.6) is 0 Å². The first kappa shape index (κ1) is 12.3. The van der Waals surface area contributed by atoms with Gasteiger partial charge in [-0.3, -0.25) is 0 Å². The van der Waals surface area contributed by atoms with Crippen LogP contribution < -0.4 is 5.32 Å². The molecule has 0 aromatic rings. The number of hydrogen-bond donors (Lipinski definition) is 1. The molecular formula is C11H24N2O2. The van der Waals surface area contributed by atoms with Gasteiger partial charge in [0.15, 0.2) is 0 Å². The lowest BCUT2D eigenvalue weighted by atomic mass is 10.1. The second-order valence-corrected chi connectivity index (χ2v) is 5.22. The predicted octanol–water partition coefficient (Wildman–Crippen LogP) is 1.85. The van der Waals surface area contributed by atoms with Gasteiger partial charge in [0, 0.05) is 7.47 Å². The van der Waals surface area contributed by atoms with Gasteiger partial charge in [0.2, 0.25) is 0 Å². The maximum atomic E-state index is 11.5. The first-order valence-electron chi connectivity index (χ1n) is 5.55. The summed E-state index contributed by atoms with van der Waals surface area (Å²) in [6.45, 7) is 7.71. The van der Waals surface area contributed by atoms with Crippen LogP contribution in [0.1, 0.15) is 35.0 Å². The molecule has 0 spiro atoms. The molecule has 1 saturated heterocycles. The van der Waals surface area contributed by atoms with Gasteiger partial charge in [-0.05, 0) is 53.8 Å². The van der Waals surface area contributed by atoms with E-state index in [4.69, 9.17) is 4.74 Å². The number of piperidine rings is 1. The molecule has 0 aromatic carbocycles. The number of nitrogens with zero attached hydrogens (tertiary/aromatic N) is 1. The number of carbonyl (C=O) groups is 1. The van der Waals surface area contributed by atoms with Crippen LogP contribution in [0.3, 0.4) is 0 Å². The van der Waals surface area contributed by atoms with Crippen LogP contribution in [-0.4, -0.2) is 42.8 Å². The number of likely N-dealkylation sites (tertiary alicyclic amines) is 1. The predicted molar refractivity (Wildman–Crippen MR) is 62.0 cm³/mol. The quantitative estimate of drug-likeness (QED) is 0.727. The summed E-state index contributed by atoms with van der Waals surface area (Å²) in [5.41, 5.74) is -0.407. The Morgan fingerprint density at radius 2 is 1.93 bits per heavy atom. The maximum absolute atomic E-state index is 11.5. The van der Waals surface area contributed by atoms with Gasteiger partial charge < -0.3 is 15.0 Å². The van der Waals surface area contributed by atoms with Gasteiger partial charge in [-0.2, -0.15) is 0 Å². The number of carbonyl (C=O) groups excluding carboxylic acids is 1. The Morgan fingerprint density at radius 1 is 1.40 bits per heavy atom. The van der Waals surface area contributed by atoms with Crippen molar-refractivity contribution in [3.05, 3.63) is 0 Å². The zero-order chi connectivity index (χ0) is 11.5. The molecule has 0 aliphatic carbocycles. The lowest BCUT2D eigenvalue weighted by molar-refractivity contribution is 0.0483. The van der Waals surface area contributed by atoms with Crippen LogP contribution in [-0.2, 0) is 4.74 Å². The summed E-state index contributed by atoms with van der Waals surface area (Å²) < 4.78 is 5.20. The van der Waals surface area contributed by atoms with Crippen molar-refractivity contribution in [3.8, 4) is 0 Å². The van der Waals surface area contributed by atoms with Crippen LogP contribution >= 0.6 is 0 Å². The van der Waals surface area contributed by atoms with Gasteiger partial charge in [0.05, 0.1) is 0 Å². The molecule has 0 radical (unpaired) electrons. The first-order chi connectivity index (χ1) is 6.87. The average Bonchev–Trinajstić information content (AvgIpc) is 2.05. The van der Waals surface area contributed by atoms with Crippen molar-refractivity contribution in [2.45, 2.75) is 45.3 Å². The summed E-state index contributed by atoms with van der Waals surface area (Å²) in [5, 5.41) is 2.91. The van der Waals surface area contributed by atoms with Crippen LogP contribution in [0.4, 0.5) is 4.79 Å². The van der Waals surface area contributed by atoms with E-state index in [0.717, 1.165) is 25.9 Å². The molecule has 1 heterocycles. The third-order valence-electron chi connectivity index (χ3n) is 2.44. The molecule has 1 N–H and O–H groups in total. The Morgan fingerprint density at radius 3 is 2.40 bits per heavy atom. The van der Waals surface area contributed by atoms with E-state index >= 15 is 0 Å². The van der Waals surface area contributed by atoms with E-state index in [9.17, 15) is 4.79 Å². The second kappa shape index (κ2) is 4.84. The van der Waals surface area contributed by atoms with Crippen molar-refractivity contribution in [1.82, 2.24) is 10.2 Å². The number of rotatable bonds is 1. The summed E-state index contributed by atoms with van der Waals surface area (Å²) in [4.78, 5) is 13.7. The van der Waals surface area contributed by atoms with E-state index in [2.05, 4.69) is 17.3 Å². The average molecular weight is 216 g/mol. The highest BCUT2D eigenvalue weighted by molar-refractivity contribution is 5.68. The molecule has 0 unspecified atom stereocenters. The topological polar surface area (TPSA) is 41.6 Å². The van der Waals surface area contributed by atoms with Gasteiger partial charge >= 0.3 is 6.09 Å². The number of nitrogens with one attached hydrogen (secondary N) is 1. The van der Waals surface area contributed by atoms with Crippen molar-refractivity contribution >= 4 is 6.09 Å². The largest absolute Gasteiger partial charge is 0.444 e. The SMILES string of the molecule is CN1CCC(NC(=O)OC(C)(C)C)CC1.[HH]. The van der Waals surface area contributed by atoms with Crippen molar-refractivity contribution in [2.24, 2.45) is 0 Å². The Labute approximate surface area is 93.5 Å². The van der Waals surface area contributed by atoms with E-state index in [1.807, 2.05) is 20.8 Å². The van der Waals surface area contributed by atoms with E-state index < -0.39 is 5.60 Å². The molecule has 4 nitrogen and oxygen atoms in total. The third-order valence-corrected chi connectivity index (χ3v) is 2.44. The summed E-state index contributed by atoms with van der Waals surface area (Å²) in [5.74, 6) is 0. The highest BCUT2D eigenvalue weighted by Gasteiger charge is 2.21. The molecule has 1 amide bonds. The van der Waals surface area contributed by atoms with Crippen LogP contribution in [0.2, 0.25) is 0 Å². The zero-order valence-corrected chi connectivity index (χ0v) is 10.2. The van der Waals surface area contributed by atoms with Gasteiger partial charge in [-0.15, -0.1) is 0 Å². The lowest BCUT2D eigenvalue weighted by Gasteiger charge is -2.30. The van der Waals surface area contributed by atoms with E-state index in [1.54, 1.807) is 0 Å². The van der Waals surface area contributed by atoms with Gasteiger partial charge in [-0.1, -0.05) is 0 Å². The van der Waals surface area contributed by atoms with Gasteiger partial charge in [0.25, 0.3) is 0 Å². The van der Waals surface area contributed by atoms with Crippen LogP contribution in [0, 0.1) is 0 Å². The summed E-state index contributed by atoms with van der Waals surface area (Å²) in [6.07, 6.45) is 1.72. The zero-order valence-electron chi connectivity index (χ0n) is 10.2. The Kier molecular flexibility index (Phi) is 3.97. The lowest BCUT2D eigenvalue weighted by Crippen LogP contribution is -2.45. The molecule has 1 aliphatic heterocycles. The minimum Gasteiger partial charge on any atom is -0.444 e. The first-order valence-corrected chi connectivity index (χ1v) is 5.55. The van der Waals surface area contributed by atoms with Crippen LogP contribution in [0.25, 0.3) is 0 Å². The third kappa shape index (κ3) is 5.02. The monoisotopic (exact) mass is 216 g/mol. The molecular weight excluding hydrogens is 192 g/mol. The molecule has 0 saturated carbocycles. The number of alkyl carbamates (subject to hydrolysis) is 1. The number of ether oxygens (including phenoxy) is 1. The van der Waals surface area contributed by atoms with Crippen molar-refractivity contribution in [2.75, 3.05) is 20.1 Å². The van der Waals surface area contributed by atoms with Crippen LogP contribution in [0.15, 0.2) is 0 Å². The molecule has 15 heavy (non-hydrogen) atoms. The molecule has 1 fully saturated rings. The Balaban J connectivity index is 0.00000225. The fourth-order valence-electron chi connectivity index (χ4n) is 1.63. The fourth-order valence-corrected chi connectivity index (χ4v) is 1.63. The standard InChI is InChI=1S/C11H22N2O2.H2/c1-11(2,3)15-10(14)12-9-5-7-13(4)8-6-9;/h9H,5-8H2,1-4H3,(H,12,14);1H. The van der Waals surface area contributed by atoms with Crippen molar-refractivity contribution in [1.29, 1.82) is 0 Å². The fraction of sp³-hybridized carbons (Fsp3) is 0.909. The molecule has 1 aliphatic rings. The highest BCUT2D eigenvalue weighted by atomic mass is 16.6. The minimum absolute atomic E-state index is 0. The van der Waals surface area contributed by atoms with Crippen molar-refractivity contribution < 1.29 is 11.0 Å². The molecule has 0 bridgehead atoms. The minimum atomic E-state index is -0.407. The summed E-state index contributed by atoms with van der Waals surface area (Å²) >= 11 is 0. The number of hydrogen-bond acceptors (Lipinski definition) is 3. The van der Waals surface area contributed by atoms with Gasteiger partial charge in [-0.25, -0.2) is 4.79 Å². The molecule has 90 valence electrons. The molecule has 0 atom stereocenters. The molecule has 1 rings (SSSR count). The van der Waals surface area contributed by atoms with E-state index in [1.165, 1.54) is 0 Å². The summed E-state index contributed by atoms with van der Waals surface area (Å²) in [7, 11) is 2.10. The number of amides is 1. The summed E-state index contributed by atoms with van der Waals surface area (Å²) in [6, 6.07) is 0.274.